The molecule has 0 aliphatic carbocycles. The standard InChI is InChI=1S/C39H54N4O6/c1-7-10-23-42-24-21-35(22-25-42)48-33-16-11-29(12-17-33)38(44)43(27-28(4)46-5)32-14-18-34(19-15-32)49-36-20-13-31(26-37(36)47-6)41-39(45)40-30(8-2)9-3/h11-20,26,28,30,35H,7-10,21-25,27H2,1-6H3,(H2,40,41,45). The number of carbonyl (C=O) groups is 2. The maximum absolute atomic E-state index is 13.8. The number of hydrogen-bond donors (Lipinski definition) is 2. The number of amides is 3. The molecule has 2 N–H and O–H groups in total. The van der Waals surface area contributed by atoms with Crippen LogP contribution in [0.4, 0.5) is 16.2 Å². The highest BCUT2D eigenvalue weighted by Gasteiger charge is 2.23. The van der Waals surface area contributed by atoms with Crippen LogP contribution < -0.4 is 29.7 Å². The maximum Gasteiger partial charge on any atom is 0.319 e. The molecule has 49 heavy (non-hydrogen) atoms. The molecular weight excluding hydrogens is 620 g/mol. The lowest BCUT2D eigenvalue weighted by molar-refractivity contribution is 0.0927. The molecular formula is C39H54N4O6. The Morgan fingerprint density at radius 3 is 2.18 bits per heavy atom. The van der Waals surface area contributed by atoms with Gasteiger partial charge >= 0.3 is 6.03 Å². The summed E-state index contributed by atoms with van der Waals surface area (Å²) < 4.78 is 23.5. The van der Waals surface area contributed by atoms with E-state index in [2.05, 4.69) is 22.5 Å². The first-order chi connectivity index (χ1) is 23.8. The zero-order chi connectivity index (χ0) is 35.2. The number of rotatable bonds is 17. The summed E-state index contributed by atoms with van der Waals surface area (Å²) in [4.78, 5) is 30.5. The molecule has 0 radical (unpaired) electrons. The molecule has 1 atom stereocenters. The van der Waals surface area contributed by atoms with Gasteiger partial charge in [0, 0.05) is 49.2 Å². The molecule has 1 aliphatic rings. The van der Waals surface area contributed by atoms with Gasteiger partial charge in [-0.2, -0.15) is 0 Å². The van der Waals surface area contributed by atoms with Gasteiger partial charge in [0.1, 0.15) is 17.6 Å². The summed E-state index contributed by atoms with van der Waals surface area (Å²) in [5.74, 6) is 2.18. The predicted octanol–water partition coefficient (Wildman–Crippen LogP) is 8.12. The van der Waals surface area contributed by atoms with Crippen LogP contribution in [0.3, 0.4) is 0 Å². The molecule has 10 nitrogen and oxygen atoms in total. The van der Waals surface area contributed by atoms with E-state index in [0.29, 0.717) is 40.7 Å². The second kappa shape index (κ2) is 19.0. The molecule has 3 aromatic rings. The summed E-state index contributed by atoms with van der Waals surface area (Å²) in [7, 11) is 3.19. The smallest absolute Gasteiger partial charge is 0.319 e. The monoisotopic (exact) mass is 674 g/mol. The van der Waals surface area contributed by atoms with E-state index in [9.17, 15) is 9.59 Å². The fraction of sp³-hybridized carbons (Fsp3) is 0.487. The highest BCUT2D eigenvalue weighted by molar-refractivity contribution is 6.06. The first kappa shape index (κ1) is 37.5. The highest BCUT2D eigenvalue weighted by Crippen LogP contribution is 2.35. The van der Waals surface area contributed by atoms with Gasteiger partial charge in [0.25, 0.3) is 5.91 Å². The summed E-state index contributed by atoms with van der Waals surface area (Å²) in [6, 6.07) is 19.8. The highest BCUT2D eigenvalue weighted by atomic mass is 16.5. The van der Waals surface area contributed by atoms with Gasteiger partial charge in [-0.1, -0.05) is 27.2 Å². The second-order valence-corrected chi connectivity index (χ2v) is 12.6. The van der Waals surface area contributed by atoms with Crippen LogP contribution in [0, 0.1) is 0 Å². The van der Waals surface area contributed by atoms with Crippen molar-refractivity contribution in [3.63, 3.8) is 0 Å². The van der Waals surface area contributed by atoms with E-state index < -0.39 is 0 Å². The van der Waals surface area contributed by atoms with Gasteiger partial charge in [0.05, 0.1) is 19.8 Å². The molecule has 0 saturated carbocycles. The Hall–Kier alpha value is -4.28. The molecule has 1 fully saturated rings. The van der Waals surface area contributed by atoms with E-state index in [1.807, 2.05) is 69.3 Å². The van der Waals surface area contributed by atoms with Gasteiger partial charge in [-0.25, -0.2) is 4.79 Å². The van der Waals surface area contributed by atoms with Gasteiger partial charge < -0.3 is 39.4 Å². The summed E-state index contributed by atoms with van der Waals surface area (Å²) >= 11 is 0. The van der Waals surface area contributed by atoms with Crippen LogP contribution in [-0.4, -0.2) is 75.5 Å². The van der Waals surface area contributed by atoms with Crippen LogP contribution in [0.1, 0.15) is 76.6 Å². The number of methoxy groups -OCH3 is 2. The van der Waals surface area contributed by atoms with E-state index in [1.165, 1.54) is 12.8 Å². The molecule has 0 aromatic heterocycles. The first-order valence-electron chi connectivity index (χ1n) is 17.6. The number of piperidine rings is 1. The van der Waals surface area contributed by atoms with Gasteiger partial charge in [0.15, 0.2) is 11.5 Å². The molecule has 1 saturated heterocycles. The summed E-state index contributed by atoms with van der Waals surface area (Å²) in [5.41, 5.74) is 1.87. The van der Waals surface area contributed by atoms with Crippen LogP contribution >= 0.6 is 0 Å². The quantitative estimate of drug-likeness (QED) is 0.149. The predicted molar refractivity (Wildman–Crippen MR) is 196 cm³/mol. The SMILES string of the molecule is CCCCN1CCC(Oc2ccc(C(=O)N(CC(C)OC)c3ccc(Oc4ccc(NC(=O)NC(CC)CC)cc4OC)cc3)cc2)CC1. The van der Waals surface area contributed by atoms with Crippen LogP contribution in [-0.2, 0) is 4.74 Å². The zero-order valence-electron chi connectivity index (χ0n) is 30.0. The largest absolute Gasteiger partial charge is 0.493 e. The van der Waals surface area contributed by atoms with Crippen molar-refractivity contribution in [3.8, 4) is 23.0 Å². The van der Waals surface area contributed by atoms with Crippen molar-refractivity contribution >= 4 is 23.3 Å². The average molecular weight is 675 g/mol. The maximum atomic E-state index is 13.8. The van der Waals surface area contributed by atoms with Crippen LogP contribution in [0.15, 0.2) is 66.7 Å². The minimum atomic E-state index is -0.264. The number of likely N-dealkylation sites (tertiary alicyclic amines) is 1. The van der Waals surface area contributed by atoms with Gasteiger partial charge in [-0.05, 0) is 106 Å². The van der Waals surface area contributed by atoms with Crippen molar-refractivity contribution in [2.45, 2.75) is 84.5 Å². The molecule has 0 bridgehead atoms. The van der Waals surface area contributed by atoms with E-state index in [-0.39, 0.29) is 30.2 Å². The van der Waals surface area contributed by atoms with Crippen molar-refractivity contribution in [1.82, 2.24) is 10.2 Å². The van der Waals surface area contributed by atoms with Crippen LogP contribution in [0.25, 0.3) is 0 Å². The molecule has 10 heteroatoms. The Morgan fingerprint density at radius 1 is 0.898 bits per heavy atom. The van der Waals surface area contributed by atoms with E-state index >= 15 is 0 Å². The number of nitrogens with zero attached hydrogens (tertiary/aromatic N) is 2. The van der Waals surface area contributed by atoms with Crippen LogP contribution in [0.2, 0.25) is 0 Å². The normalized spacial score (nSPS) is 14.3. The Bertz CT molecular complexity index is 1450. The first-order valence-corrected chi connectivity index (χ1v) is 17.6. The lowest BCUT2D eigenvalue weighted by Crippen LogP contribution is -2.38. The van der Waals surface area contributed by atoms with Crippen molar-refractivity contribution in [2.24, 2.45) is 0 Å². The number of hydrogen-bond acceptors (Lipinski definition) is 7. The third kappa shape index (κ3) is 11.1. The fourth-order valence-corrected chi connectivity index (χ4v) is 5.79. The molecule has 3 aromatic carbocycles. The van der Waals surface area contributed by atoms with Crippen molar-refractivity contribution in [3.05, 3.63) is 72.3 Å². The second-order valence-electron chi connectivity index (χ2n) is 12.6. The number of nitrogens with one attached hydrogen (secondary N) is 2. The summed E-state index contributed by atoms with van der Waals surface area (Å²) in [6.07, 6.45) is 6.21. The molecule has 4 rings (SSSR count). The molecule has 1 heterocycles. The average Bonchev–Trinajstić information content (AvgIpc) is 3.13. The minimum absolute atomic E-state index is 0.116. The van der Waals surface area contributed by atoms with Crippen LogP contribution in [0.5, 0.6) is 23.0 Å². The number of unbranched alkanes of at least 4 members (excludes halogenated alkanes) is 1. The molecule has 3 amide bonds. The van der Waals surface area contributed by atoms with Crippen molar-refractivity contribution in [1.29, 1.82) is 0 Å². The lowest BCUT2D eigenvalue weighted by atomic mass is 10.1. The number of benzene rings is 3. The third-order valence-electron chi connectivity index (χ3n) is 8.97. The minimum Gasteiger partial charge on any atom is -0.493 e. The number of urea groups is 1. The van der Waals surface area contributed by atoms with E-state index in [1.54, 1.807) is 37.3 Å². The van der Waals surface area contributed by atoms with Gasteiger partial charge in [-0.3, -0.25) is 4.79 Å². The number of carbonyl (C=O) groups excluding carboxylic acids is 2. The van der Waals surface area contributed by atoms with Crippen molar-refractivity contribution < 1.29 is 28.5 Å². The van der Waals surface area contributed by atoms with Gasteiger partial charge in [-0.15, -0.1) is 0 Å². The van der Waals surface area contributed by atoms with Gasteiger partial charge in [0.2, 0.25) is 0 Å². The molecule has 1 aliphatic heterocycles. The Morgan fingerprint density at radius 2 is 1.57 bits per heavy atom. The van der Waals surface area contributed by atoms with E-state index in [0.717, 1.165) is 51.1 Å². The molecule has 1 unspecified atom stereocenters. The summed E-state index contributed by atoms with van der Waals surface area (Å²) in [6.45, 7) is 11.9. The third-order valence-corrected chi connectivity index (χ3v) is 8.97. The van der Waals surface area contributed by atoms with Crippen molar-refractivity contribution in [2.75, 3.05) is 50.6 Å². The Labute approximate surface area is 292 Å². The fourth-order valence-electron chi connectivity index (χ4n) is 5.79. The lowest BCUT2D eigenvalue weighted by Gasteiger charge is -2.32. The topological polar surface area (TPSA) is 102 Å². The zero-order valence-corrected chi connectivity index (χ0v) is 30.0. The number of ether oxygens (including phenoxy) is 4. The molecule has 266 valence electrons. The van der Waals surface area contributed by atoms with E-state index in [4.69, 9.17) is 18.9 Å². The summed E-state index contributed by atoms with van der Waals surface area (Å²) in [5, 5.41) is 5.82. The Balaban J connectivity index is 1.40. The Kier molecular flexibility index (Phi) is 14.6. The molecule has 0 spiro atoms. The number of anilines is 2.